The number of aryl methyl sites for hydroxylation is 1. The lowest BCUT2D eigenvalue weighted by Gasteiger charge is -1.97. The Morgan fingerprint density at radius 2 is 2.25 bits per heavy atom. The summed E-state index contributed by atoms with van der Waals surface area (Å²) < 4.78 is 5.99. The highest BCUT2D eigenvalue weighted by Crippen LogP contribution is 2.23. The molecule has 0 unspecified atom stereocenters. The lowest BCUT2D eigenvalue weighted by molar-refractivity contribution is 1.03. The number of nitrogens with zero attached hydrogens (tertiary/aromatic N) is 5. The SMILES string of the molecule is Cc1nsc(-n2ccc3c(Cl)ncnc32)n1. The molecule has 0 aliphatic rings. The summed E-state index contributed by atoms with van der Waals surface area (Å²) in [6.45, 7) is 1.85. The molecular formula is C9H6ClN5S. The lowest BCUT2D eigenvalue weighted by atomic mass is 10.4. The van der Waals surface area contributed by atoms with Gasteiger partial charge in [-0.2, -0.15) is 4.37 Å². The van der Waals surface area contributed by atoms with E-state index in [1.165, 1.54) is 17.9 Å². The first kappa shape index (κ1) is 9.68. The van der Waals surface area contributed by atoms with E-state index < -0.39 is 0 Å². The topological polar surface area (TPSA) is 56.5 Å². The number of halogens is 1. The van der Waals surface area contributed by atoms with Crippen LogP contribution in [0, 0.1) is 6.92 Å². The number of hydrogen-bond acceptors (Lipinski definition) is 5. The molecule has 0 N–H and O–H groups in total. The van der Waals surface area contributed by atoms with Crippen LogP contribution >= 0.6 is 23.1 Å². The molecule has 3 rings (SSSR count). The van der Waals surface area contributed by atoms with Gasteiger partial charge < -0.3 is 0 Å². The van der Waals surface area contributed by atoms with Gasteiger partial charge in [0.1, 0.15) is 17.3 Å². The molecule has 0 fully saturated rings. The minimum atomic E-state index is 0.449. The molecule has 0 saturated carbocycles. The number of aromatic nitrogens is 5. The minimum absolute atomic E-state index is 0.449. The van der Waals surface area contributed by atoms with Crippen LogP contribution in [0.1, 0.15) is 5.82 Å². The van der Waals surface area contributed by atoms with Crippen molar-refractivity contribution < 1.29 is 0 Å². The molecule has 7 heteroatoms. The van der Waals surface area contributed by atoms with Gasteiger partial charge in [-0.15, -0.1) is 0 Å². The van der Waals surface area contributed by atoms with E-state index in [0.717, 1.165) is 22.0 Å². The third-order valence-corrected chi connectivity index (χ3v) is 3.26. The van der Waals surface area contributed by atoms with Gasteiger partial charge in [0, 0.05) is 17.7 Å². The molecule has 0 spiro atoms. The Morgan fingerprint density at radius 3 is 3.00 bits per heavy atom. The Kier molecular flexibility index (Phi) is 2.12. The summed E-state index contributed by atoms with van der Waals surface area (Å²) >= 11 is 7.29. The van der Waals surface area contributed by atoms with Crippen LogP contribution in [0.3, 0.4) is 0 Å². The summed E-state index contributed by atoms with van der Waals surface area (Å²) in [5, 5.41) is 2.05. The first-order valence-electron chi connectivity index (χ1n) is 4.54. The molecule has 0 aliphatic carbocycles. The predicted molar refractivity (Wildman–Crippen MR) is 62.1 cm³/mol. The fraction of sp³-hybridized carbons (Fsp3) is 0.111. The predicted octanol–water partition coefficient (Wildman–Crippen LogP) is 2.23. The Hall–Kier alpha value is -1.53. The Bertz CT molecular complexity index is 659. The molecule has 0 saturated heterocycles. The zero-order chi connectivity index (χ0) is 11.1. The van der Waals surface area contributed by atoms with E-state index in [2.05, 4.69) is 19.3 Å². The summed E-state index contributed by atoms with van der Waals surface area (Å²) in [7, 11) is 0. The molecular weight excluding hydrogens is 246 g/mol. The largest absolute Gasteiger partial charge is 0.275 e. The van der Waals surface area contributed by atoms with Gasteiger partial charge in [0.2, 0.25) is 5.13 Å². The summed E-state index contributed by atoms with van der Waals surface area (Å²) in [6.07, 6.45) is 3.31. The third kappa shape index (κ3) is 1.38. The second kappa shape index (κ2) is 3.50. The standard InChI is InChI=1S/C9H6ClN5S/c1-5-13-9(16-14-5)15-3-2-6-7(10)11-4-12-8(6)15/h2-4H,1H3. The first-order chi connectivity index (χ1) is 7.75. The fourth-order valence-electron chi connectivity index (χ4n) is 1.46. The van der Waals surface area contributed by atoms with Crippen molar-refractivity contribution in [1.29, 1.82) is 0 Å². The van der Waals surface area contributed by atoms with Crippen LogP contribution in [0.2, 0.25) is 5.15 Å². The number of fused-ring (bicyclic) bond motifs is 1. The molecule has 0 radical (unpaired) electrons. The van der Waals surface area contributed by atoms with Crippen LogP contribution in [0.5, 0.6) is 0 Å². The van der Waals surface area contributed by atoms with Crippen LogP contribution in [0.4, 0.5) is 0 Å². The third-order valence-electron chi connectivity index (χ3n) is 2.16. The molecule has 3 aromatic heterocycles. The van der Waals surface area contributed by atoms with Gasteiger partial charge in [-0.25, -0.2) is 15.0 Å². The van der Waals surface area contributed by atoms with E-state index in [-0.39, 0.29) is 0 Å². The molecule has 0 atom stereocenters. The van der Waals surface area contributed by atoms with E-state index in [1.54, 1.807) is 0 Å². The normalized spacial score (nSPS) is 11.1. The molecule has 0 aliphatic heterocycles. The first-order valence-corrected chi connectivity index (χ1v) is 5.69. The molecule has 0 aromatic carbocycles. The van der Waals surface area contributed by atoms with E-state index >= 15 is 0 Å². The highest BCUT2D eigenvalue weighted by molar-refractivity contribution is 7.08. The smallest absolute Gasteiger partial charge is 0.215 e. The van der Waals surface area contributed by atoms with Gasteiger partial charge in [-0.1, -0.05) is 11.6 Å². The monoisotopic (exact) mass is 251 g/mol. The average molecular weight is 252 g/mol. The van der Waals surface area contributed by atoms with Gasteiger partial charge in [-0.3, -0.25) is 4.57 Å². The summed E-state index contributed by atoms with van der Waals surface area (Å²) in [5.41, 5.74) is 0.746. The van der Waals surface area contributed by atoms with E-state index in [0.29, 0.717) is 5.15 Å². The molecule has 0 bridgehead atoms. The van der Waals surface area contributed by atoms with Gasteiger partial charge in [0.25, 0.3) is 0 Å². The van der Waals surface area contributed by atoms with Crippen molar-refractivity contribution in [3.8, 4) is 5.13 Å². The second-order valence-corrected chi connectivity index (χ2v) is 4.30. The van der Waals surface area contributed by atoms with Crippen LogP contribution in [-0.2, 0) is 0 Å². The van der Waals surface area contributed by atoms with Gasteiger partial charge >= 0.3 is 0 Å². The van der Waals surface area contributed by atoms with Crippen LogP contribution < -0.4 is 0 Å². The van der Waals surface area contributed by atoms with Crippen molar-refractivity contribution in [3.63, 3.8) is 0 Å². The van der Waals surface area contributed by atoms with Gasteiger partial charge in [-0.05, 0) is 13.0 Å². The summed E-state index contributed by atoms with van der Waals surface area (Å²) in [4.78, 5) is 12.4. The van der Waals surface area contributed by atoms with Gasteiger partial charge in [0.05, 0.1) is 5.39 Å². The van der Waals surface area contributed by atoms with Crippen molar-refractivity contribution in [2.75, 3.05) is 0 Å². The zero-order valence-corrected chi connectivity index (χ0v) is 9.83. The fourth-order valence-corrected chi connectivity index (χ4v) is 2.31. The molecule has 5 nitrogen and oxygen atoms in total. The maximum atomic E-state index is 5.97. The molecule has 80 valence electrons. The minimum Gasteiger partial charge on any atom is -0.275 e. The molecule has 16 heavy (non-hydrogen) atoms. The van der Waals surface area contributed by atoms with Gasteiger partial charge in [0.15, 0.2) is 5.65 Å². The maximum Gasteiger partial charge on any atom is 0.215 e. The molecule has 0 amide bonds. The summed E-state index contributed by atoms with van der Waals surface area (Å²) in [5.74, 6) is 0.752. The highest BCUT2D eigenvalue weighted by atomic mass is 35.5. The Morgan fingerprint density at radius 1 is 1.38 bits per heavy atom. The molecule has 3 aromatic rings. The Labute approximate surface area is 99.9 Å². The molecule has 3 heterocycles. The van der Waals surface area contributed by atoms with E-state index in [4.69, 9.17) is 11.6 Å². The van der Waals surface area contributed by atoms with Crippen LogP contribution in [0.25, 0.3) is 16.2 Å². The van der Waals surface area contributed by atoms with Crippen molar-refractivity contribution >= 4 is 34.2 Å². The highest BCUT2D eigenvalue weighted by Gasteiger charge is 2.10. The van der Waals surface area contributed by atoms with Crippen LogP contribution in [-0.4, -0.2) is 23.9 Å². The van der Waals surface area contributed by atoms with Crippen molar-refractivity contribution in [3.05, 3.63) is 29.6 Å². The summed E-state index contributed by atoms with van der Waals surface area (Å²) in [6, 6.07) is 1.87. The zero-order valence-electron chi connectivity index (χ0n) is 8.25. The van der Waals surface area contributed by atoms with Crippen LogP contribution in [0.15, 0.2) is 18.6 Å². The average Bonchev–Trinajstić information content (AvgIpc) is 2.84. The van der Waals surface area contributed by atoms with E-state index in [1.807, 2.05) is 23.8 Å². The number of rotatable bonds is 1. The Balaban J connectivity index is 2.29. The lowest BCUT2D eigenvalue weighted by Crippen LogP contribution is -1.93. The second-order valence-electron chi connectivity index (χ2n) is 3.21. The van der Waals surface area contributed by atoms with Crippen molar-refractivity contribution in [1.82, 2.24) is 23.9 Å². The maximum absolute atomic E-state index is 5.97. The van der Waals surface area contributed by atoms with Crippen molar-refractivity contribution in [2.24, 2.45) is 0 Å². The van der Waals surface area contributed by atoms with Crippen molar-refractivity contribution in [2.45, 2.75) is 6.92 Å². The quantitative estimate of drug-likeness (QED) is 0.623. The van der Waals surface area contributed by atoms with E-state index in [9.17, 15) is 0 Å². The number of hydrogen-bond donors (Lipinski definition) is 0.